The summed E-state index contributed by atoms with van der Waals surface area (Å²) in [4.78, 5) is 4.32. The zero-order valence-corrected chi connectivity index (χ0v) is 13.1. The molecule has 20 heavy (non-hydrogen) atoms. The van der Waals surface area contributed by atoms with E-state index >= 15 is 0 Å². The van der Waals surface area contributed by atoms with Crippen molar-refractivity contribution >= 4 is 5.69 Å². The summed E-state index contributed by atoms with van der Waals surface area (Å²) in [6.07, 6.45) is 8.33. The Balaban J connectivity index is 1.96. The SMILES string of the molecule is CCOc1ncccc1NC1CCCC(C(C)C)CC1. The highest BCUT2D eigenvalue weighted by molar-refractivity contribution is 5.52. The summed E-state index contributed by atoms with van der Waals surface area (Å²) in [6, 6.07) is 4.60. The first kappa shape index (κ1) is 15.1. The van der Waals surface area contributed by atoms with Gasteiger partial charge in [0.2, 0.25) is 5.88 Å². The van der Waals surface area contributed by atoms with Crippen molar-refractivity contribution in [3.8, 4) is 5.88 Å². The fourth-order valence-corrected chi connectivity index (χ4v) is 3.11. The Bertz CT molecular complexity index is 406. The van der Waals surface area contributed by atoms with Crippen LogP contribution in [0.1, 0.15) is 52.9 Å². The van der Waals surface area contributed by atoms with Crippen molar-refractivity contribution < 1.29 is 4.74 Å². The molecule has 0 spiro atoms. The number of anilines is 1. The van der Waals surface area contributed by atoms with Gasteiger partial charge in [-0.1, -0.05) is 26.7 Å². The molecule has 1 fully saturated rings. The maximum atomic E-state index is 5.60. The van der Waals surface area contributed by atoms with Gasteiger partial charge in [-0.3, -0.25) is 0 Å². The van der Waals surface area contributed by atoms with E-state index < -0.39 is 0 Å². The van der Waals surface area contributed by atoms with Crippen molar-refractivity contribution in [3.63, 3.8) is 0 Å². The largest absolute Gasteiger partial charge is 0.476 e. The molecule has 0 radical (unpaired) electrons. The van der Waals surface area contributed by atoms with E-state index in [2.05, 4.69) is 30.2 Å². The number of aromatic nitrogens is 1. The van der Waals surface area contributed by atoms with Gasteiger partial charge in [0.1, 0.15) is 0 Å². The molecule has 112 valence electrons. The van der Waals surface area contributed by atoms with E-state index in [1.54, 1.807) is 6.20 Å². The third kappa shape index (κ3) is 4.12. The molecule has 3 heteroatoms. The van der Waals surface area contributed by atoms with Crippen LogP contribution in [-0.4, -0.2) is 17.6 Å². The fraction of sp³-hybridized carbons (Fsp3) is 0.706. The fourth-order valence-electron chi connectivity index (χ4n) is 3.11. The highest BCUT2D eigenvalue weighted by Gasteiger charge is 2.21. The molecule has 1 aliphatic carbocycles. The van der Waals surface area contributed by atoms with E-state index in [9.17, 15) is 0 Å². The number of ether oxygens (including phenoxy) is 1. The standard InChI is InChI=1S/C17H28N2O/c1-4-20-17-16(9-6-12-18-17)19-15-8-5-7-14(10-11-15)13(2)3/h6,9,12-15,19H,4-5,7-8,10-11H2,1-3H3. The first-order valence-corrected chi connectivity index (χ1v) is 8.05. The molecule has 1 aliphatic rings. The second-order valence-corrected chi connectivity index (χ2v) is 6.14. The van der Waals surface area contributed by atoms with Crippen molar-refractivity contribution in [3.05, 3.63) is 18.3 Å². The zero-order chi connectivity index (χ0) is 14.4. The van der Waals surface area contributed by atoms with Crippen molar-refractivity contribution in [2.24, 2.45) is 11.8 Å². The molecule has 2 atom stereocenters. The van der Waals surface area contributed by atoms with E-state index in [1.165, 1.54) is 32.1 Å². The van der Waals surface area contributed by atoms with Crippen LogP contribution in [0, 0.1) is 11.8 Å². The van der Waals surface area contributed by atoms with Gasteiger partial charge in [-0.15, -0.1) is 0 Å². The second-order valence-electron chi connectivity index (χ2n) is 6.14. The molecule has 1 heterocycles. The van der Waals surface area contributed by atoms with Gasteiger partial charge in [0.05, 0.1) is 12.3 Å². The predicted octanol–water partition coefficient (Wildman–Crippen LogP) is 4.50. The molecule has 0 saturated heterocycles. The highest BCUT2D eigenvalue weighted by atomic mass is 16.5. The zero-order valence-electron chi connectivity index (χ0n) is 13.1. The minimum absolute atomic E-state index is 0.558. The predicted molar refractivity (Wildman–Crippen MR) is 84.2 cm³/mol. The normalized spacial score (nSPS) is 23.4. The lowest BCUT2D eigenvalue weighted by Gasteiger charge is -2.20. The quantitative estimate of drug-likeness (QED) is 0.804. The molecule has 0 aromatic carbocycles. The van der Waals surface area contributed by atoms with Gasteiger partial charge >= 0.3 is 0 Å². The summed E-state index contributed by atoms with van der Waals surface area (Å²) >= 11 is 0. The van der Waals surface area contributed by atoms with Crippen LogP contribution in [0.2, 0.25) is 0 Å². The molecule has 2 rings (SSSR count). The van der Waals surface area contributed by atoms with Gasteiger partial charge < -0.3 is 10.1 Å². The maximum absolute atomic E-state index is 5.60. The van der Waals surface area contributed by atoms with Crippen LogP contribution in [0.5, 0.6) is 5.88 Å². The number of hydrogen-bond acceptors (Lipinski definition) is 3. The summed E-state index contributed by atoms with van der Waals surface area (Å²) in [5.41, 5.74) is 1.04. The Morgan fingerprint density at radius 1 is 1.30 bits per heavy atom. The Morgan fingerprint density at radius 3 is 2.90 bits per heavy atom. The van der Waals surface area contributed by atoms with Gasteiger partial charge in [0, 0.05) is 12.2 Å². The van der Waals surface area contributed by atoms with Crippen molar-refractivity contribution in [2.45, 2.75) is 58.9 Å². The van der Waals surface area contributed by atoms with E-state index in [1.807, 2.05) is 13.0 Å². The highest BCUT2D eigenvalue weighted by Crippen LogP contribution is 2.31. The molecule has 0 amide bonds. The van der Waals surface area contributed by atoms with Crippen molar-refractivity contribution in [2.75, 3.05) is 11.9 Å². The van der Waals surface area contributed by atoms with E-state index in [4.69, 9.17) is 4.74 Å². The molecule has 0 bridgehead atoms. The minimum Gasteiger partial charge on any atom is -0.476 e. The van der Waals surface area contributed by atoms with Crippen molar-refractivity contribution in [1.29, 1.82) is 0 Å². The lowest BCUT2D eigenvalue weighted by atomic mass is 9.89. The van der Waals surface area contributed by atoms with E-state index in [-0.39, 0.29) is 0 Å². The second kappa shape index (κ2) is 7.51. The number of nitrogens with one attached hydrogen (secondary N) is 1. The molecule has 1 aromatic heterocycles. The Labute approximate surface area is 123 Å². The first-order valence-electron chi connectivity index (χ1n) is 8.05. The molecule has 2 unspecified atom stereocenters. The van der Waals surface area contributed by atoms with Gasteiger partial charge in [-0.2, -0.15) is 0 Å². The Hall–Kier alpha value is -1.25. The molecule has 1 saturated carbocycles. The summed E-state index contributed by atoms with van der Waals surface area (Å²) in [7, 11) is 0. The third-order valence-electron chi connectivity index (χ3n) is 4.37. The van der Waals surface area contributed by atoms with Crippen LogP contribution in [0.25, 0.3) is 0 Å². The van der Waals surface area contributed by atoms with Crippen LogP contribution < -0.4 is 10.1 Å². The summed E-state index contributed by atoms with van der Waals surface area (Å²) in [5, 5.41) is 3.65. The lowest BCUT2D eigenvalue weighted by Crippen LogP contribution is -2.19. The third-order valence-corrected chi connectivity index (χ3v) is 4.37. The summed E-state index contributed by atoms with van der Waals surface area (Å²) in [5.74, 6) is 2.44. The summed E-state index contributed by atoms with van der Waals surface area (Å²) < 4.78 is 5.60. The average Bonchev–Trinajstić information content (AvgIpc) is 2.67. The van der Waals surface area contributed by atoms with Crippen LogP contribution in [0.3, 0.4) is 0 Å². The molecular weight excluding hydrogens is 248 g/mol. The Kier molecular flexibility index (Phi) is 5.69. The van der Waals surface area contributed by atoms with Gasteiger partial charge in [0.15, 0.2) is 0 Å². The maximum Gasteiger partial charge on any atom is 0.237 e. The van der Waals surface area contributed by atoms with Gasteiger partial charge in [-0.25, -0.2) is 4.98 Å². The monoisotopic (exact) mass is 276 g/mol. The average molecular weight is 276 g/mol. The summed E-state index contributed by atoms with van der Waals surface area (Å²) in [6.45, 7) is 7.36. The van der Waals surface area contributed by atoms with Gasteiger partial charge in [0.25, 0.3) is 0 Å². The minimum atomic E-state index is 0.558. The topological polar surface area (TPSA) is 34.1 Å². The molecule has 0 aliphatic heterocycles. The molecular formula is C17H28N2O. The van der Waals surface area contributed by atoms with Crippen LogP contribution in [0.15, 0.2) is 18.3 Å². The number of nitrogens with zero attached hydrogens (tertiary/aromatic N) is 1. The van der Waals surface area contributed by atoms with Gasteiger partial charge in [-0.05, 0) is 50.2 Å². The number of rotatable bonds is 5. The molecule has 1 aromatic rings. The van der Waals surface area contributed by atoms with Crippen LogP contribution in [0.4, 0.5) is 5.69 Å². The lowest BCUT2D eigenvalue weighted by molar-refractivity contribution is 0.327. The molecule has 3 nitrogen and oxygen atoms in total. The molecule has 1 N–H and O–H groups in total. The number of pyridine rings is 1. The number of hydrogen-bond donors (Lipinski definition) is 1. The smallest absolute Gasteiger partial charge is 0.237 e. The Morgan fingerprint density at radius 2 is 2.15 bits per heavy atom. The van der Waals surface area contributed by atoms with Crippen LogP contribution >= 0.6 is 0 Å². The van der Waals surface area contributed by atoms with Crippen molar-refractivity contribution in [1.82, 2.24) is 4.98 Å². The van der Waals surface area contributed by atoms with E-state index in [0.717, 1.165) is 23.4 Å². The van der Waals surface area contributed by atoms with E-state index in [0.29, 0.717) is 12.6 Å². The van der Waals surface area contributed by atoms with Crippen LogP contribution in [-0.2, 0) is 0 Å². The first-order chi connectivity index (χ1) is 9.70.